The Labute approximate surface area is 154 Å². The highest BCUT2D eigenvalue weighted by atomic mass is 35.5. The lowest BCUT2D eigenvalue weighted by molar-refractivity contribution is 0.138. The van der Waals surface area contributed by atoms with E-state index in [2.05, 4.69) is 58.0 Å². The topological polar surface area (TPSA) is 26.7 Å². The number of halogens is 1. The van der Waals surface area contributed by atoms with E-state index in [1.54, 1.807) is 0 Å². The summed E-state index contributed by atoms with van der Waals surface area (Å²) in [6.45, 7) is 5.86. The third-order valence-electron chi connectivity index (χ3n) is 4.51. The molecule has 25 heavy (non-hydrogen) atoms. The molecule has 2 aromatic carbocycles. The molecule has 0 atom stereocenters. The summed E-state index contributed by atoms with van der Waals surface area (Å²) in [6.07, 6.45) is 0. The molecule has 1 aliphatic heterocycles. The number of hydrogen-bond acceptors (Lipinski definition) is 3. The first kappa shape index (κ1) is 18.0. The fourth-order valence-electron chi connectivity index (χ4n) is 3.03. The standard InChI is InChI=1S/C21H23ClN2O/c22-21-9-7-20(8-10-21)19-5-3-18(4-6-19)17-24-14-12-23(13-15-24)11-1-2-16-25/h3-10,25H,11-17H2. The number of aliphatic hydroxyl groups is 1. The molecule has 0 aliphatic carbocycles. The minimum atomic E-state index is -0.0496. The van der Waals surface area contributed by atoms with Crippen molar-refractivity contribution in [2.24, 2.45) is 0 Å². The zero-order chi connectivity index (χ0) is 17.5. The Morgan fingerprint density at radius 1 is 0.800 bits per heavy atom. The number of nitrogens with zero attached hydrogens (tertiary/aromatic N) is 2. The van der Waals surface area contributed by atoms with Crippen molar-refractivity contribution in [2.45, 2.75) is 6.54 Å². The largest absolute Gasteiger partial charge is 0.384 e. The summed E-state index contributed by atoms with van der Waals surface area (Å²) >= 11 is 5.95. The van der Waals surface area contributed by atoms with Gasteiger partial charge in [0.25, 0.3) is 0 Å². The zero-order valence-electron chi connectivity index (χ0n) is 14.3. The molecule has 3 nitrogen and oxygen atoms in total. The number of benzene rings is 2. The summed E-state index contributed by atoms with van der Waals surface area (Å²) < 4.78 is 0. The molecule has 0 saturated carbocycles. The molecule has 1 heterocycles. The van der Waals surface area contributed by atoms with Crippen molar-refractivity contribution in [3.8, 4) is 23.0 Å². The van der Waals surface area contributed by atoms with Crippen molar-refractivity contribution < 1.29 is 5.11 Å². The highest BCUT2D eigenvalue weighted by Gasteiger charge is 2.16. The van der Waals surface area contributed by atoms with Crippen molar-refractivity contribution >= 4 is 11.6 Å². The van der Waals surface area contributed by atoms with Gasteiger partial charge in [0.1, 0.15) is 6.61 Å². The Kier molecular flexibility index (Phi) is 6.49. The SMILES string of the molecule is OCC#CCN1CCN(Cc2ccc(-c3ccc(Cl)cc3)cc2)CC1. The molecule has 0 amide bonds. The van der Waals surface area contributed by atoms with Crippen molar-refractivity contribution in [2.75, 3.05) is 39.3 Å². The van der Waals surface area contributed by atoms with E-state index in [4.69, 9.17) is 16.7 Å². The Bertz CT molecular complexity index is 723. The molecule has 1 aliphatic rings. The maximum atomic E-state index is 8.70. The molecule has 3 rings (SSSR count). The maximum absolute atomic E-state index is 8.70. The van der Waals surface area contributed by atoms with Crippen LogP contribution in [0.4, 0.5) is 0 Å². The van der Waals surface area contributed by atoms with Crippen molar-refractivity contribution in [1.82, 2.24) is 9.80 Å². The molecule has 0 aromatic heterocycles. The van der Waals surface area contributed by atoms with Gasteiger partial charge in [0, 0.05) is 37.7 Å². The van der Waals surface area contributed by atoms with Crippen LogP contribution in [0.15, 0.2) is 48.5 Å². The number of piperazine rings is 1. The van der Waals surface area contributed by atoms with Crippen molar-refractivity contribution in [3.05, 3.63) is 59.1 Å². The summed E-state index contributed by atoms with van der Waals surface area (Å²) in [6, 6.07) is 16.7. The minimum Gasteiger partial charge on any atom is -0.384 e. The number of aliphatic hydroxyl groups excluding tert-OH is 1. The van der Waals surface area contributed by atoms with E-state index in [0.29, 0.717) is 0 Å². The van der Waals surface area contributed by atoms with Crippen LogP contribution in [0.1, 0.15) is 5.56 Å². The fourth-order valence-corrected chi connectivity index (χ4v) is 3.16. The van der Waals surface area contributed by atoms with Gasteiger partial charge in [-0.25, -0.2) is 0 Å². The lowest BCUT2D eigenvalue weighted by Gasteiger charge is -2.33. The van der Waals surface area contributed by atoms with Gasteiger partial charge in [-0.2, -0.15) is 0 Å². The molecule has 2 aromatic rings. The van der Waals surface area contributed by atoms with Crippen LogP contribution >= 0.6 is 11.6 Å². The Morgan fingerprint density at radius 3 is 1.96 bits per heavy atom. The highest BCUT2D eigenvalue weighted by molar-refractivity contribution is 6.30. The lowest BCUT2D eigenvalue weighted by Crippen LogP contribution is -2.45. The average Bonchev–Trinajstić information content (AvgIpc) is 2.65. The van der Waals surface area contributed by atoms with E-state index in [1.165, 1.54) is 16.7 Å². The predicted octanol–water partition coefficient (Wildman–Crippen LogP) is 3.12. The van der Waals surface area contributed by atoms with E-state index in [-0.39, 0.29) is 6.61 Å². The summed E-state index contributed by atoms with van der Waals surface area (Å²) in [5.41, 5.74) is 3.74. The van der Waals surface area contributed by atoms with Crippen molar-refractivity contribution in [1.29, 1.82) is 0 Å². The van der Waals surface area contributed by atoms with E-state index in [1.807, 2.05) is 12.1 Å². The Morgan fingerprint density at radius 2 is 1.36 bits per heavy atom. The monoisotopic (exact) mass is 354 g/mol. The average molecular weight is 355 g/mol. The van der Waals surface area contributed by atoms with E-state index < -0.39 is 0 Å². The molecule has 0 unspecified atom stereocenters. The summed E-state index contributed by atoms with van der Waals surface area (Å²) in [5, 5.41) is 9.47. The normalized spacial score (nSPS) is 15.6. The van der Waals surface area contributed by atoms with Crippen LogP contribution in [-0.2, 0) is 6.54 Å². The second kappa shape index (κ2) is 9.03. The molecule has 4 heteroatoms. The van der Waals surface area contributed by atoms with Crippen LogP contribution in [0.25, 0.3) is 11.1 Å². The quantitative estimate of drug-likeness (QED) is 0.855. The van der Waals surface area contributed by atoms with Gasteiger partial charge in [-0.05, 0) is 28.8 Å². The van der Waals surface area contributed by atoms with E-state index >= 15 is 0 Å². The maximum Gasteiger partial charge on any atom is 0.104 e. The minimum absolute atomic E-state index is 0.0496. The Hall–Kier alpha value is -1.83. The van der Waals surface area contributed by atoms with Gasteiger partial charge in [-0.15, -0.1) is 0 Å². The molecule has 0 bridgehead atoms. The number of hydrogen-bond donors (Lipinski definition) is 1. The van der Waals surface area contributed by atoms with Crippen LogP contribution < -0.4 is 0 Å². The van der Waals surface area contributed by atoms with Gasteiger partial charge in [-0.3, -0.25) is 9.80 Å². The molecule has 130 valence electrons. The van der Waals surface area contributed by atoms with Gasteiger partial charge in [0.15, 0.2) is 0 Å². The second-order valence-corrected chi connectivity index (χ2v) is 6.70. The third kappa shape index (κ3) is 5.32. The zero-order valence-corrected chi connectivity index (χ0v) is 15.0. The van der Waals surface area contributed by atoms with Crippen LogP contribution in [0.5, 0.6) is 0 Å². The van der Waals surface area contributed by atoms with Crippen molar-refractivity contribution in [3.63, 3.8) is 0 Å². The first-order valence-electron chi connectivity index (χ1n) is 8.61. The van der Waals surface area contributed by atoms with Crippen LogP contribution in [0, 0.1) is 11.8 Å². The molecular weight excluding hydrogens is 332 g/mol. The lowest BCUT2D eigenvalue weighted by atomic mass is 10.0. The smallest absolute Gasteiger partial charge is 0.104 e. The van der Waals surface area contributed by atoms with E-state index in [9.17, 15) is 0 Å². The predicted molar refractivity (Wildman–Crippen MR) is 103 cm³/mol. The van der Waals surface area contributed by atoms with Crippen LogP contribution in [0.3, 0.4) is 0 Å². The van der Waals surface area contributed by atoms with Gasteiger partial charge < -0.3 is 5.11 Å². The molecule has 1 N–H and O–H groups in total. The van der Waals surface area contributed by atoms with Gasteiger partial charge in [0.2, 0.25) is 0 Å². The molecule has 1 saturated heterocycles. The fraction of sp³-hybridized carbons (Fsp3) is 0.333. The number of rotatable bonds is 4. The molecule has 0 spiro atoms. The molecule has 1 fully saturated rings. The van der Waals surface area contributed by atoms with Gasteiger partial charge >= 0.3 is 0 Å². The Balaban J connectivity index is 1.51. The first-order valence-corrected chi connectivity index (χ1v) is 8.98. The molecular formula is C21H23ClN2O. The summed E-state index contributed by atoms with van der Waals surface area (Å²) in [4.78, 5) is 4.82. The van der Waals surface area contributed by atoms with Crippen LogP contribution in [0.2, 0.25) is 5.02 Å². The third-order valence-corrected chi connectivity index (χ3v) is 4.76. The highest BCUT2D eigenvalue weighted by Crippen LogP contribution is 2.22. The molecule has 0 radical (unpaired) electrons. The summed E-state index contributed by atoms with van der Waals surface area (Å²) in [7, 11) is 0. The van der Waals surface area contributed by atoms with Crippen LogP contribution in [-0.4, -0.2) is 54.2 Å². The van der Waals surface area contributed by atoms with Gasteiger partial charge in [0.05, 0.1) is 6.54 Å². The van der Waals surface area contributed by atoms with E-state index in [0.717, 1.165) is 44.3 Å². The first-order chi connectivity index (χ1) is 12.2. The summed E-state index contributed by atoms with van der Waals surface area (Å²) in [5.74, 6) is 5.71. The second-order valence-electron chi connectivity index (χ2n) is 6.27. The van der Waals surface area contributed by atoms with Gasteiger partial charge in [-0.1, -0.05) is 59.8 Å².